The number of rotatable bonds is 2. The normalized spacial score (nSPS) is 8.67. The topological polar surface area (TPSA) is 60.7 Å². The summed E-state index contributed by atoms with van der Waals surface area (Å²) in [5.41, 5.74) is 0. The Hall–Kier alpha value is -0.120. The summed E-state index contributed by atoms with van der Waals surface area (Å²) in [4.78, 5) is 0. The second-order valence-electron chi connectivity index (χ2n) is 1.79. The van der Waals surface area contributed by atoms with Crippen LogP contribution in [-0.2, 0) is 0 Å². The Kier molecular flexibility index (Phi) is 14.0. The molecule has 3 N–H and O–H groups in total. The molecule has 0 radical (unpaired) electrons. The van der Waals surface area contributed by atoms with Crippen LogP contribution in [0.4, 0.5) is 0 Å². The van der Waals surface area contributed by atoms with Crippen molar-refractivity contribution in [3.05, 3.63) is 0 Å². The van der Waals surface area contributed by atoms with Gasteiger partial charge in [0, 0.05) is 25.7 Å². The Bertz CT molecular complexity index is 35.3. The molecule has 0 saturated heterocycles. The van der Waals surface area contributed by atoms with Crippen molar-refractivity contribution >= 4 is 0 Å². The predicted octanol–water partition coefficient (Wildman–Crippen LogP) is -0.394. The standard InChI is InChI=1S/C4H10O2.C2H6O/c1-4(2-5)3-6;1-2-3/h4-6H,2-3H2,1H3;3H,2H2,1H3. The highest BCUT2D eigenvalue weighted by atomic mass is 16.3. The number of hydrogen-bond donors (Lipinski definition) is 3. The fourth-order valence-corrected chi connectivity index (χ4v) is 0.0577. The van der Waals surface area contributed by atoms with Gasteiger partial charge in [-0.3, -0.25) is 0 Å². The fraction of sp³-hybridized carbons (Fsp3) is 1.00. The smallest absolute Gasteiger partial charge is 0.0478 e. The Morgan fingerprint density at radius 2 is 1.33 bits per heavy atom. The zero-order chi connectivity index (χ0) is 7.70. The van der Waals surface area contributed by atoms with Crippen LogP contribution in [0.25, 0.3) is 0 Å². The second kappa shape index (κ2) is 10.8. The summed E-state index contributed by atoms with van der Waals surface area (Å²) in [6, 6.07) is 0. The summed E-state index contributed by atoms with van der Waals surface area (Å²) in [5.74, 6) is 0.0463. The van der Waals surface area contributed by atoms with Gasteiger partial charge in [-0.15, -0.1) is 0 Å². The monoisotopic (exact) mass is 136 g/mol. The van der Waals surface area contributed by atoms with Crippen LogP contribution in [0.1, 0.15) is 13.8 Å². The van der Waals surface area contributed by atoms with Gasteiger partial charge in [-0.25, -0.2) is 0 Å². The van der Waals surface area contributed by atoms with Crippen molar-refractivity contribution in [1.29, 1.82) is 0 Å². The molecular weight excluding hydrogens is 120 g/mol. The molecule has 0 saturated carbocycles. The summed E-state index contributed by atoms with van der Waals surface area (Å²) in [6.07, 6.45) is 0. The highest BCUT2D eigenvalue weighted by Gasteiger charge is 1.91. The van der Waals surface area contributed by atoms with Crippen molar-refractivity contribution in [2.75, 3.05) is 19.8 Å². The highest BCUT2D eigenvalue weighted by molar-refractivity contribution is 4.41. The van der Waals surface area contributed by atoms with Crippen LogP contribution in [0.3, 0.4) is 0 Å². The van der Waals surface area contributed by atoms with Gasteiger partial charge in [-0.2, -0.15) is 0 Å². The third-order valence-corrected chi connectivity index (χ3v) is 0.623. The molecule has 58 valence electrons. The minimum Gasteiger partial charge on any atom is -0.397 e. The van der Waals surface area contributed by atoms with Crippen molar-refractivity contribution in [3.63, 3.8) is 0 Å². The molecule has 0 aliphatic rings. The van der Waals surface area contributed by atoms with E-state index in [1.54, 1.807) is 13.8 Å². The van der Waals surface area contributed by atoms with E-state index in [1.807, 2.05) is 0 Å². The summed E-state index contributed by atoms with van der Waals surface area (Å²) in [5, 5.41) is 23.9. The number of aliphatic hydroxyl groups excluding tert-OH is 3. The van der Waals surface area contributed by atoms with Gasteiger partial charge in [0.15, 0.2) is 0 Å². The van der Waals surface area contributed by atoms with E-state index >= 15 is 0 Å². The SMILES string of the molecule is CC(CO)CO.CCO. The van der Waals surface area contributed by atoms with Gasteiger partial charge in [0.2, 0.25) is 0 Å². The maximum absolute atomic E-state index is 8.17. The first-order valence-corrected chi connectivity index (χ1v) is 3.05. The van der Waals surface area contributed by atoms with Crippen molar-refractivity contribution in [1.82, 2.24) is 0 Å². The lowest BCUT2D eigenvalue weighted by atomic mass is 10.2. The van der Waals surface area contributed by atoms with Crippen molar-refractivity contribution < 1.29 is 15.3 Å². The van der Waals surface area contributed by atoms with Crippen molar-refractivity contribution in [2.24, 2.45) is 5.92 Å². The van der Waals surface area contributed by atoms with E-state index < -0.39 is 0 Å². The molecule has 0 bridgehead atoms. The summed E-state index contributed by atoms with van der Waals surface area (Å²) < 4.78 is 0. The van der Waals surface area contributed by atoms with E-state index in [2.05, 4.69) is 0 Å². The lowest BCUT2D eigenvalue weighted by molar-refractivity contribution is 0.162. The summed E-state index contributed by atoms with van der Waals surface area (Å²) >= 11 is 0. The molecule has 0 aliphatic carbocycles. The van der Waals surface area contributed by atoms with Gasteiger partial charge in [0.1, 0.15) is 0 Å². The third-order valence-electron chi connectivity index (χ3n) is 0.623. The van der Waals surface area contributed by atoms with Crippen LogP contribution in [0.2, 0.25) is 0 Å². The molecule has 0 rings (SSSR count). The first kappa shape index (κ1) is 11.6. The first-order chi connectivity index (χ1) is 4.22. The molecule has 3 heteroatoms. The third kappa shape index (κ3) is 18.1. The van der Waals surface area contributed by atoms with Gasteiger partial charge in [-0.05, 0) is 6.92 Å². The average Bonchev–Trinajstić information content (AvgIpc) is 1.88. The maximum atomic E-state index is 8.17. The molecular formula is C6H16O3. The van der Waals surface area contributed by atoms with Crippen LogP contribution < -0.4 is 0 Å². The van der Waals surface area contributed by atoms with Crippen LogP contribution in [0, 0.1) is 5.92 Å². The highest BCUT2D eigenvalue weighted by Crippen LogP contribution is 1.85. The molecule has 9 heavy (non-hydrogen) atoms. The van der Waals surface area contributed by atoms with Gasteiger partial charge >= 0.3 is 0 Å². The molecule has 0 spiro atoms. The quantitative estimate of drug-likeness (QED) is 0.484. The van der Waals surface area contributed by atoms with Gasteiger partial charge in [0.05, 0.1) is 0 Å². The molecule has 0 aromatic rings. The van der Waals surface area contributed by atoms with E-state index in [0.717, 1.165) is 0 Å². The lowest BCUT2D eigenvalue weighted by Crippen LogP contribution is -2.04. The minimum atomic E-state index is 0.0463. The van der Waals surface area contributed by atoms with Gasteiger partial charge in [-0.1, -0.05) is 6.92 Å². The van der Waals surface area contributed by atoms with Gasteiger partial charge < -0.3 is 15.3 Å². The van der Waals surface area contributed by atoms with Crippen LogP contribution >= 0.6 is 0 Å². The van der Waals surface area contributed by atoms with E-state index in [1.165, 1.54) is 0 Å². The Balaban J connectivity index is 0. The predicted molar refractivity (Wildman–Crippen MR) is 36.1 cm³/mol. The number of hydrogen-bond acceptors (Lipinski definition) is 3. The van der Waals surface area contributed by atoms with E-state index in [-0.39, 0.29) is 25.7 Å². The molecule has 0 aromatic heterocycles. The second-order valence-corrected chi connectivity index (χ2v) is 1.79. The van der Waals surface area contributed by atoms with Crippen LogP contribution in [-0.4, -0.2) is 35.1 Å². The largest absolute Gasteiger partial charge is 0.397 e. The van der Waals surface area contributed by atoms with Crippen LogP contribution in [0.5, 0.6) is 0 Å². The Morgan fingerprint density at radius 3 is 1.33 bits per heavy atom. The van der Waals surface area contributed by atoms with E-state index in [4.69, 9.17) is 15.3 Å². The average molecular weight is 136 g/mol. The molecule has 0 unspecified atom stereocenters. The Morgan fingerprint density at radius 1 is 1.11 bits per heavy atom. The summed E-state index contributed by atoms with van der Waals surface area (Å²) in [7, 11) is 0. The van der Waals surface area contributed by atoms with E-state index in [9.17, 15) is 0 Å². The molecule has 0 amide bonds. The first-order valence-electron chi connectivity index (χ1n) is 3.05. The molecule has 0 heterocycles. The van der Waals surface area contributed by atoms with Crippen molar-refractivity contribution in [3.8, 4) is 0 Å². The molecule has 0 fully saturated rings. The minimum absolute atomic E-state index is 0.0463. The zero-order valence-electron chi connectivity index (χ0n) is 6.04. The molecule has 0 aromatic carbocycles. The maximum Gasteiger partial charge on any atom is 0.0478 e. The van der Waals surface area contributed by atoms with Crippen LogP contribution in [0.15, 0.2) is 0 Å². The molecule has 0 atom stereocenters. The lowest BCUT2D eigenvalue weighted by Gasteiger charge is -1.97. The summed E-state index contributed by atoms with van der Waals surface area (Å²) in [6.45, 7) is 3.87. The fourth-order valence-electron chi connectivity index (χ4n) is 0.0577. The number of aliphatic hydroxyl groups is 3. The van der Waals surface area contributed by atoms with Crippen molar-refractivity contribution in [2.45, 2.75) is 13.8 Å². The Labute approximate surface area is 56.0 Å². The van der Waals surface area contributed by atoms with Gasteiger partial charge in [0.25, 0.3) is 0 Å². The van der Waals surface area contributed by atoms with E-state index in [0.29, 0.717) is 0 Å². The zero-order valence-corrected chi connectivity index (χ0v) is 6.04. The molecule has 0 aliphatic heterocycles. The molecule has 3 nitrogen and oxygen atoms in total.